The first-order chi connectivity index (χ1) is 9.74. The van der Waals surface area contributed by atoms with E-state index in [0.29, 0.717) is 6.04 Å². The van der Waals surface area contributed by atoms with E-state index in [0.717, 1.165) is 45.3 Å². The molecule has 2 atom stereocenters. The van der Waals surface area contributed by atoms with Crippen LogP contribution in [-0.2, 0) is 0 Å². The Morgan fingerprint density at radius 3 is 2.38 bits per heavy atom. The summed E-state index contributed by atoms with van der Waals surface area (Å²) in [5, 5.41) is 3.44. The summed E-state index contributed by atoms with van der Waals surface area (Å²) in [6, 6.07) is 8.05. The highest BCUT2D eigenvalue weighted by Gasteiger charge is 2.27. The van der Waals surface area contributed by atoms with Gasteiger partial charge in [-0.2, -0.15) is 0 Å². The molecule has 0 saturated carbocycles. The van der Waals surface area contributed by atoms with Crippen LogP contribution in [0.1, 0.15) is 24.9 Å². The number of halogens is 2. The van der Waals surface area contributed by atoms with Crippen LogP contribution in [0.5, 0.6) is 0 Å². The van der Waals surface area contributed by atoms with Gasteiger partial charge in [0.1, 0.15) is 5.82 Å². The summed E-state index contributed by atoms with van der Waals surface area (Å²) >= 11 is 0. The van der Waals surface area contributed by atoms with Crippen molar-refractivity contribution in [1.29, 1.82) is 0 Å². The fourth-order valence-corrected chi connectivity index (χ4v) is 3.39. The summed E-state index contributed by atoms with van der Waals surface area (Å²) in [5.74, 6) is -0.153. The molecule has 0 aromatic heterocycles. The van der Waals surface area contributed by atoms with Gasteiger partial charge < -0.3 is 5.32 Å². The third kappa shape index (κ3) is 3.95. The molecular weight excluding hydrogens is 289 g/mol. The van der Waals surface area contributed by atoms with Crippen molar-refractivity contribution in [3.63, 3.8) is 0 Å². The zero-order valence-electron chi connectivity index (χ0n) is 12.6. The van der Waals surface area contributed by atoms with Crippen molar-refractivity contribution in [3.8, 4) is 0 Å². The third-order valence-corrected chi connectivity index (χ3v) is 4.80. The molecule has 3 rings (SSSR count). The maximum absolute atomic E-state index is 13.0. The quantitative estimate of drug-likeness (QED) is 0.923. The summed E-state index contributed by atoms with van der Waals surface area (Å²) < 4.78 is 13.0. The van der Waals surface area contributed by atoms with Crippen molar-refractivity contribution in [2.45, 2.75) is 25.4 Å². The summed E-state index contributed by atoms with van der Waals surface area (Å²) in [4.78, 5) is 5.12. The van der Waals surface area contributed by atoms with Gasteiger partial charge >= 0.3 is 0 Å². The Labute approximate surface area is 132 Å². The normalized spacial score (nSPS) is 25.5. The lowest BCUT2D eigenvalue weighted by Crippen LogP contribution is -2.51. The highest BCUT2D eigenvalue weighted by Crippen LogP contribution is 2.23. The monoisotopic (exact) mass is 313 g/mol. The molecule has 2 fully saturated rings. The first-order valence-corrected chi connectivity index (χ1v) is 7.68. The second-order valence-electron chi connectivity index (χ2n) is 5.95. The Balaban J connectivity index is 0.00000161. The topological polar surface area (TPSA) is 18.5 Å². The van der Waals surface area contributed by atoms with Crippen molar-refractivity contribution >= 4 is 12.4 Å². The van der Waals surface area contributed by atoms with Crippen LogP contribution in [0.3, 0.4) is 0 Å². The molecule has 2 heterocycles. The zero-order chi connectivity index (χ0) is 13.9. The molecule has 2 aliphatic heterocycles. The van der Waals surface area contributed by atoms with Gasteiger partial charge in [-0.25, -0.2) is 4.39 Å². The van der Waals surface area contributed by atoms with Crippen LogP contribution >= 0.6 is 12.4 Å². The van der Waals surface area contributed by atoms with E-state index in [2.05, 4.69) is 22.0 Å². The molecule has 0 bridgehead atoms. The van der Waals surface area contributed by atoms with E-state index < -0.39 is 0 Å². The molecule has 118 valence electrons. The highest BCUT2D eigenvalue weighted by molar-refractivity contribution is 5.85. The standard InChI is InChI=1S/C16H24FN3.ClH/c1-13(14-2-4-15(17)5-3-14)19-8-10-20(11-9-19)16-6-7-18-12-16;/h2-5,13,16,18H,6-12H2,1H3;1H. The van der Waals surface area contributed by atoms with Crippen LogP contribution in [0, 0.1) is 5.82 Å². The Kier molecular flexibility index (Phi) is 5.99. The minimum atomic E-state index is -0.153. The van der Waals surface area contributed by atoms with Gasteiger partial charge in [-0.3, -0.25) is 9.80 Å². The number of piperazine rings is 1. The van der Waals surface area contributed by atoms with Crippen LogP contribution in [0.2, 0.25) is 0 Å². The van der Waals surface area contributed by atoms with Crippen LogP contribution in [-0.4, -0.2) is 55.1 Å². The van der Waals surface area contributed by atoms with Crippen molar-refractivity contribution in [2.24, 2.45) is 0 Å². The lowest BCUT2D eigenvalue weighted by molar-refractivity contribution is 0.0787. The summed E-state index contributed by atoms with van der Waals surface area (Å²) in [5.41, 5.74) is 1.21. The van der Waals surface area contributed by atoms with Crippen molar-refractivity contribution in [3.05, 3.63) is 35.6 Å². The SMILES string of the molecule is CC(c1ccc(F)cc1)N1CCN(C2CCNC2)CC1.Cl. The molecule has 1 N–H and O–H groups in total. The molecule has 2 saturated heterocycles. The van der Waals surface area contributed by atoms with Gasteiger partial charge in [-0.1, -0.05) is 12.1 Å². The minimum Gasteiger partial charge on any atom is -0.315 e. The fraction of sp³-hybridized carbons (Fsp3) is 0.625. The lowest BCUT2D eigenvalue weighted by atomic mass is 10.1. The minimum absolute atomic E-state index is 0. The molecule has 21 heavy (non-hydrogen) atoms. The average molecular weight is 314 g/mol. The third-order valence-electron chi connectivity index (χ3n) is 4.80. The van der Waals surface area contributed by atoms with Gasteiger partial charge in [0.15, 0.2) is 0 Å². The van der Waals surface area contributed by atoms with E-state index in [-0.39, 0.29) is 18.2 Å². The van der Waals surface area contributed by atoms with E-state index in [1.165, 1.54) is 12.0 Å². The summed E-state index contributed by atoms with van der Waals surface area (Å²) in [7, 11) is 0. The van der Waals surface area contributed by atoms with Gasteiger partial charge in [0.2, 0.25) is 0 Å². The molecule has 2 unspecified atom stereocenters. The van der Waals surface area contributed by atoms with Crippen molar-refractivity contribution < 1.29 is 4.39 Å². The Bertz CT molecular complexity index is 426. The largest absolute Gasteiger partial charge is 0.315 e. The molecular formula is C16H25ClFN3. The predicted molar refractivity (Wildman–Crippen MR) is 86.5 cm³/mol. The molecule has 0 amide bonds. The molecule has 0 radical (unpaired) electrons. The van der Waals surface area contributed by atoms with Gasteiger partial charge in [0.05, 0.1) is 0 Å². The van der Waals surface area contributed by atoms with Gasteiger partial charge in [0.25, 0.3) is 0 Å². The average Bonchev–Trinajstić information content (AvgIpc) is 3.02. The number of nitrogens with zero attached hydrogens (tertiary/aromatic N) is 2. The Hall–Kier alpha value is -0.680. The van der Waals surface area contributed by atoms with Crippen LogP contribution in [0.25, 0.3) is 0 Å². The van der Waals surface area contributed by atoms with E-state index >= 15 is 0 Å². The lowest BCUT2D eigenvalue weighted by Gasteiger charge is -2.40. The number of nitrogens with one attached hydrogen (secondary N) is 1. The van der Waals surface area contributed by atoms with E-state index in [9.17, 15) is 4.39 Å². The van der Waals surface area contributed by atoms with Gasteiger partial charge in [-0.05, 0) is 37.6 Å². The molecule has 1 aromatic rings. The van der Waals surface area contributed by atoms with E-state index in [1.54, 1.807) is 12.1 Å². The molecule has 5 heteroatoms. The first-order valence-electron chi connectivity index (χ1n) is 7.68. The molecule has 1 aromatic carbocycles. The maximum atomic E-state index is 13.0. The smallest absolute Gasteiger partial charge is 0.123 e. The number of hydrogen-bond donors (Lipinski definition) is 1. The second kappa shape index (κ2) is 7.54. The highest BCUT2D eigenvalue weighted by atomic mass is 35.5. The van der Waals surface area contributed by atoms with E-state index in [4.69, 9.17) is 0 Å². The van der Waals surface area contributed by atoms with Crippen molar-refractivity contribution in [1.82, 2.24) is 15.1 Å². The first kappa shape index (κ1) is 16.7. The summed E-state index contributed by atoms with van der Waals surface area (Å²) in [6.45, 7) is 9.05. The molecule has 3 nitrogen and oxygen atoms in total. The fourth-order valence-electron chi connectivity index (χ4n) is 3.39. The van der Waals surface area contributed by atoms with Gasteiger partial charge in [-0.15, -0.1) is 12.4 Å². The van der Waals surface area contributed by atoms with Crippen molar-refractivity contribution in [2.75, 3.05) is 39.3 Å². The zero-order valence-corrected chi connectivity index (χ0v) is 13.4. The van der Waals surface area contributed by atoms with Crippen LogP contribution < -0.4 is 5.32 Å². The molecule has 2 aliphatic rings. The molecule has 0 spiro atoms. The maximum Gasteiger partial charge on any atom is 0.123 e. The van der Waals surface area contributed by atoms with Crippen LogP contribution in [0.15, 0.2) is 24.3 Å². The number of hydrogen-bond acceptors (Lipinski definition) is 3. The molecule has 0 aliphatic carbocycles. The number of rotatable bonds is 3. The second-order valence-corrected chi connectivity index (χ2v) is 5.95. The number of benzene rings is 1. The Morgan fingerprint density at radius 1 is 1.14 bits per heavy atom. The Morgan fingerprint density at radius 2 is 1.81 bits per heavy atom. The van der Waals surface area contributed by atoms with E-state index in [1.807, 2.05) is 12.1 Å². The summed E-state index contributed by atoms with van der Waals surface area (Å²) in [6.07, 6.45) is 1.29. The van der Waals surface area contributed by atoms with Crippen LogP contribution in [0.4, 0.5) is 4.39 Å². The predicted octanol–water partition coefficient (Wildman–Crippen LogP) is 2.29. The van der Waals surface area contributed by atoms with Gasteiger partial charge in [0, 0.05) is 44.8 Å².